The summed E-state index contributed by atoms with van der Waals surface area (Å²) in [6, 6.07) is 12.7. The van der Waals surface area contributed by atoms with E-state index in [1.54, 1.807) is 12.4 Å². The van der Waals surface area contributed by atoms with Gasteiger partial charge in [-0.2, -0.15) is 0 Å². The van der Waals surface area contributed by atoms with Crippen molar-refractivity contribution in [2.45, 2.75) is 25.3 Å². The molecule has 3 heterocycles. The number of hydrogen-bond acceptors (Lipinski definition) is 6. The zero-order valence-electron chi connectivity index (χ0n) is 16.3. The third-order valence-corrected chi connectivity index (χ3v) is 5.58. The van der Waals surface area contributed by atoms with Gasteiger partial charge in [-0.3, -0.25) is 4.98 Å². The molecule has 146 valence electrons. The van der Waals surface area contributed by atoms with Crippen LogP contribution in [0.3, 0.4) is 0 Å². The summed E-state index contributed by atoms with van der Waals surface area (Å²) < 4.78 is 0. The molecule has 28 heavy (non-hydrogen) atoms. The normalized spacial score (nSPS) is 15.5. The predicted molar refractivity (Wildman–Crippen MR) is 112 cm³/mol. The molecule has 0 atom stereocenters. The summed E-state index contributed by atoms with van der Waals surface area (Å²) in [4.78, 5) is 18.6. The molecular formula is C22H27N5O. The summed E-state index contributed by atoms with van der Waals surface area (Å²) in [5, 5.41) is 10.2. The Morgan fingerprint density at radius 1 is 1.07 bits per heavy atom. The van der Waals surface area contributed by atoms with Gasteiger partial charge in [0.25, 0.3) is 0 Å². The van der Waals surface area contributed by atoms with Crippen LogP contribution in [-0.2, 0) is 0 Å². The standard InChI is InChI=1S/C22H27N5O/c1-26(13-4-16-28)18-9-14-27(15-10-18)22-19-5-2-3-6-20(19)24-21(25-22)17-7-11-23-12-8-17/h2-3,5-8,11-12,18,28H,4,9-10,13-16H2,1H3. The van der Waals surface area contributed by atoms with Gasteiger partial charge in [-0.25, -0.2) is 9.97 Å². The first-order valence-corrected chi connectivity index (χ1v) is 9.99. The van der Waals surface area contributed by atoms with Crippen molar-refractivity contribution in [2.75, 3.05) is 38.2 Å². The van der Waals surface area contributed by atoms with Crippen molar-refractivity contribution in [1.82, 2.24) is 19.9 Å². The van der Waals surface area contributed by atoms with E-state index >= 15 is 0 Å². The zero-order chi connectivity index (χ0) is 19.3. The Morgan fingerprint density at radius 3 is 2.57 bits per heavy atom. The van der Waals surface area contributed by atoms with E-state index in [4.69, 9.17) is 15.1 Å². The van der Waals surface area contributed by atoms with Crippen molar-refractivity contribution in [3.05, 3.63) is 48.8 Å². The number of aliphatic hydroxyl groups excluding tert-OH is 1. The van der Waals surface area contributed by atoms with Gasteiger partial charge in [-0.05, 0) is 50.6 Å². The van der Waals surface area contributed by atoms with Crippen LogP contribution >= 0.6 is 0 Å². The molecule has 4 rings (SSSR count). The van der Waals surface area contributed by atoms with E-state index in [0.29, 0.717) is 6.04 Å². The highest BCUT2D eigenvalue weighted by molar-refractivity contribution is 5.91. The molecule has 1 fully saturated rings. The van der Waals surface area contributed by atoms with E-state index < -0.39 is 0 Å². The minimum atomic E-state index is 0.258. The van der Waals surface area contributed by atoms with Gasteiger partial charge in [-0.1, -0.05) is 12.1 Å². The van der Waals surface area contributed by atoms with Crippen LogP contribution in [0.4, 0.5) is 5.82 Å². The summed E-state index contributed by atoms with van der Waals surface area (Å²) in [7, 11) is 2.16. The lowest BCUT2D eigenvalue weighted by Crippen LogP contribution is -2.44. The highest BCUT2D eigenvalue weighted by Crippen LogP contribution is 2.29. The van der Waals surface area contributed by atoms with Gasteiger partial charge >= 0.3 is 0 Å². The van der Waals surface area contributed by atoms with E-state index in [-0.39, 0.29) is 6.61 Å². The van der Waals surface area contributed by atoms with Crippen LogP contribution in [-0.4, -0.2) is 64.3 Å². The highest BCUT2D eigenvalue weighted by Gasteiger charge is 2.24. The molecule has 0 unspecified atom stereocenters. The van der Waals surface area contributed by atoms with Crippen molar-refractivity contribution < 1.29 is 5.11 Å². The number of aromatic nitrogens is 3. The second-order valence-electron chi connectivity index (χ2n) is 7.40. The summed E-state index contributed by atoms with van der Waals surface area (Å²) >= 11 is 0. The fourth-order valence-corrected chi connectivity index (χ4v) is 3.95. The first kappa shape index (κ1) is 18.8. The molecule has 3 aromatic rings. The Bertz CT molecular complexity index is 909. The van der Waals surface area contributed by atoms with E-state index in [9.17, 15) is 0 Å². The Balaban J connectivity index is 1.60. The highest BCUT2D eigenvalue weighted by atomic mass is 16.3. The molecule has 0 radical (unpaired) electrons. The van der Waals surface area contributed by atoms with Gasteiger partial charge in [0.1, 0.15) is 5.82 Å². The number of anilines is 1. The Morgan fingerprint density at radius 2 is 1.82 bits per heavy atom. The number of pyridine rings is 1. The lowest BCUT2D eigenvalue weighted by atomic mass is 10.0. The predicted octanol–water partition coefficient (Wildman–Crippen LogP) is 2.97. The van der Waals surface area contributed by atoms with Crippen molar-refractivity contribution in [2.24, 2.45) is 0 Å². The minimum absolute atomic E-state index is 0.258. The van der Waals surface area contributed by atoms with Crippen molar-refractivity contribution >= 4 is 16.7 Å². The molecule has 1 aromatic carbocycles. The summed E-state index contributed by atoms with van der Waals surface area (Å²) in [5.74, 6) is 1.77. The average Bonchev–Trinajstić information content (AvgIpc) is 2.77. The Hall–Kier alpha value is -2.57. The topological polar surface area (TPSA) is 65.4 Å². The smallest absolute Gasteiger partial charge is 0.162 e. The number of piperidine rings is 1. The third-order valence-electron chi connectivity index (χ3n) is 5.58. The maximum atomic E-state index is 9.07. The molecule has 1 saturated heterocycles. The molecular weight excluding hydrogens is 350 g/mol. The minimum Gasteiger partial charge on any atom is -0.396 e. The van der Waals surface area contributed by atoms with E-state index in [1.165, 1.54) is 0 Å². The lowest BCUT2D eigenvalue weighted by Gasteiger charge is -2.37. The quantitative estimate of drug-likeness (QED) is 0.712. The fourth-order valence-electron chi connectivity index (χ4n) is 3.95. The number of fused-ring (bicyclic) bond motifs is 1. The SMILES string of the molecule is CN(CCCO)C1CCN(c2nc(-c3ccncc3)nc3ccccc23)CC1. The molecule has 6 nitrogen and oxygen atoms in total. The van der Waals surface area contributed by atoms with Crippen LogP contribution in [0.1, 0.15) is 19.3 Å². The monoisotopic (exact) mass is 377 g/mol. The van der Waals surface area contributed by atoms with Crippen LogP contribution in [0.25, 0.3) is 22.3 Å². The van der Waals surface area contributed by atoms with Crippen LogP contribution < -0.4 is 4.90 Å². The number of nitrogens with zero attached hydrogens (tertiary/aromatic N) is 5. The molecule has 0 spiro atoms. The molecule has 6 heteroatoms. The van der Waals surface area contributed by atoms with Gasteiger partial charge in [0.2, 0.25) is 0 Å². The number of aliphatic hydroxyl groups is 1. The molecule has 1 N–H and O–H groups in total. The van der Waals surface area contributed by atoms with Gasteiger partial charge in [0.15, 0.2) is 5.82 Å². The molecule has 1 aliphatic heterocycles. The average molecular weight is 377 g/mol. The Kier molecular flexibility index (Phi) is 5.78. The Labute approximate surface area is 165 Å². The zero-order valence-corrected chi connectivity index (χ0v) is 16.3. The van der Waals surface area contributed by atoms with Gasteiger partial charge in [0.05, 0.1) is 5.52 Å². The summed E-state index contributed by atoms with van der Waals surface area (Å²) in [6.07, 6.45) is 6.60. The fraction of sp³-hybridized carbons (Fsp3) is 0.409. The first-order chi connectivity index (χ1) is 13.8. The number of benzene rings is 1. The largest absolute Gasteiger partial charge is 0.396 e. The van der Waals surface area contributed by atoms with Gasteiger partial charge in [0, 0.05) is 55.6 Å². The number of hydrogen-bond donors (Lipinski definition) is 1. The van der Waals surface area contributed by atoms with Crippen LogP contribution in [0, 0.1) is 0 Å². The van der Waals surface area contributed by atoms with Crippen LogP contribution in [0.15, 0.2) is 48.8 Å². The van der Waals surface area contributed by atoms with Crippen LogP contribution in [0.5, 0.6) is 0 Å². The van der Waals surface area contributed by atoms with Crippen LogP contribution in [0.2, 0.25) is 0 Å². The molecule has 0 bridgehead atoms. The maximum absolute atomic E-state index is 9.07. The maximum Gasteiger partial charge on any atom is 0.162 e. The van der Waals surface area contributed by atoms with Gasteiger partial charge in [-0.15, -0.1) is 0 Å². The van der Waals surface area contributed by atoms with E-state index in [0.717, 1.165) is 67.0 Å². The van der Waals surface area contributed by atoms with Crippen molar-refractivity contribution in [3.63, 3.8) is 0 Å². The summed E-state index contributed by atoms with van der Waals surface area (Å²) in [5.41, 5.74) is 1.96. The number of rotatable bonds is 6. The lowest BCUT2D eigenvalue weighted by molar-refractivity contribution is 0.184. The van der Waals surface area contributed by atoms with Crippen molar-refractivity contribution in [3.8, 4) is 11.4 Å². The number of para-hydroxylation sites is 1. The van der Waals surface area contributed by atoms with E-state index in [1.807, 2.05) is 18.2 Å². The molecule has 2 aromatic heterocycles. The second-order valence-corrected chi connectivity index (χ2v) is 7.40. The third kappa shape index (κ3) is 3.98. The van der Waals surface area contributed by atoms with Crippen molar-refractivity contribution in [1.29, 1.82) is 0 Å². The molecule has 1 aliphatic rings. The molecule has 0 aliphatic carbocycles. The summed E-state index contributed by atoms with van der Waals surface area (Å²) in [6.45, 7) is 3.16. The van der Waals surface area contributed by atoms with Gasteiger partial charge < -0.3 is 14.9 Å². The molecule has 0 saturated carbocycles. The molecule has 0 amide bonds. The van der Waals surface area contributed by atoms with E-state index in [2.05, 4.69) is 40.0 Å². The second kappa shape index (κ2) is 8.63. The first-order valence-electron chi connectivity index (χ1n) is 9.99.